The van der Waals surface area contributed by atoms with Crippen LogP contribution in [0.4, 0.5) is 28.9 Å². The average Bonchev–Trinajstić information content (AvgIpc) is 3.06. The monoisotopic (exact) mass is 492 g/mol. The minimum absolute atomic E-state index is 0.0649. The van der Waals surface area contributed by atoms with Crippen LogP contribution >= 0.6 is 0 Å². The molecule has 0 spiro atoms. The SMILES string of the molecule is COC(O)Cc1cc(NC(=O)C(F)(F)F)ccc1S(=O)(=O)Nc1cc2c(cc1F)COB2O. The second-order valence-electron chi connectivity index (χ2n) is 6.97. The second-order valence-corrected chi connectivity index (χ2v) is 8.62. The molecule has 0 saturated carbocycles. The zero-order valence-corrected chi connectivity index (χ0v) is 17.6. The number of methoxy groups -OCH3 is 1. The van der Waals surface area contributed by atoms with Gasteiger partial charge >= 0.3 is 19.2 Å². The summed E-state index contributed by atoms with van der Waals surface area (Å²) in [6.07, 6.45) is -7.20. The molecule has 0 aliphatic carbocycles. The number of alkyl halides is 3. The molecule has 0 radical (unpaired) electrons. The van der Waals surface area contributed by atoms with Crippen LogP contribution in [0.2, 0.25) is 0 Å². The number of rotatable bonds is 7. The molecule has 2 aromatic carbocycles. The highest BCUT2D eigenvalue weighted by Crippen LogP contribution is 2.27. The molecule has 1 atom stereocenters. The molecular weight excluding hydrogens is 475 g/mol. The summed E-state index contributed by atoms with van der Waals surface area (Å²) >= 11 is 0. The molecule has 33 heavy (non-hydrogen) atoms. The fourth-order valence-corrected chi connectivity index (χ4v) is 4.37. The summed E-state index contributed by atoms with van der Waals surface area (Å²) in [5.74, 6) is -3.24. The molecule has 0 aromatic heterocycles. The van der Waals surface area contributed by atoms with Crippen molar-refractivity contribution in [2.75, 3.05) is 17.1 Å². The molecule has 178 valence electrons. The van der Waals surface area contributed by atoms with Crippen molar-refractivity contribution in [2.24, 2.45) is 0 Å². The van der Waals surface area contributed by atoms with E-state index in [1.165, 1.54) is 0 Å². The molecule has 1 amide bonds. The van der Waals surface area contributed by atoms with Crippen LogP contribution in [0.5, 0.6) is 0 Å². The highest BCUT2D eigenvalue weighted by atomic mass is 32.2. The van der Waals surface area contributed by atoms with Gasteiger partial charge in [0.05, 0.1) is 17.2 Å². The Morgan fingerprint density at radius 3 is 2.64 bits per heavy atom. The smallest absolute Gasteiger partial charge is 0.423 e. The minimum Gasteiger partial charge on any atom is -0.423 e. The molecule has 0 fully saturated rings. The van der Waals surface area contributed by atoms with Crippen molar-refractivity contribution in [3.63, 3.8) is 0 Å². The molecule has 1 aliphatic heterocycles. The van der Waals surface area contributed by atoms with Crippen LogP contribution < -0.4 is 15.5 Å². The summed E-state index contributed by atoms with van der Waals surface area (Å²) < 4.78 is 89.6. The van der Waals surface area contributed by atoms with Gasteiger partial charge in [-0.05, 0) is 46.9 Å². The number of aliphatic hydroxyl groups is 1. The van der Waals surface area contributed by atoms with E-state index in [1.807, 2.05) is 4.72 Å². The maximum absolute atomic E-state index is 14.4. The fraction of sp³-hybridized carbons (Fsp3) is 0.278. The van der Waals surface area contributed by atoms with Gasteiger partial charge in [-0.1, -0.05) is 0 Å². The first-order chi connectivity index (χ1) is 15.3. The molecule has 4 N–H and O–H groups in total. The number of carbonyl (C=O) groups excluding carboxylic acids is 1. The molecule has 2 aromatic rings. The van der Waals surface area contributed by atoms with Gasteiger partial charge in [-0.3, -0.25) is 9.52 Å². The summed E-state index contributed by atoms with van der Waals surface area (Å²) in [6.45, 7) is -0.0649. The number of aliphatic hydroxyl groups excluding tert-OH is 1. The van der Waals surface area contributed by atoms with E-state index < -0.39 is 64.0 Å². The highest BCUT2D eigenvalue weighted by molar-refractivity contribution is 7.92. The quantitative estimate of drug-likeness (QED) is 0.256. The Morgan fingerprint density at radius 2 is 2.00 bits per heavy atom. The Hall–Kier alpha value is -2.72. The normalized spacial score (nSPS) is 14.7. The second kappa shape index (κ2) is 9.27. The van der Waals surface area contributed by atoms with Crippen molar-refractivity contribution in [1.82, 2.24) is 0 Å². The fourth-order valence-electron chi connectivity index (χ4n) is 3.07. The number of sulfonamides is 1. The molecule has 1 aliphatic rings. The summed E-state index contributed by atoms with van der Waals surface area (Å²) in [5, 5.41) is 21.1. The lowest BCUT2D eigenvalue weighted by molar-refractivity contribution is -0.167. The van der Waals surface area contributed by atoms with E-state index in [9.17, 15) is 40.9 Å². The third-order valence-electron chi connectivity index (χ3n) is 4.67. The Bertz CT molecular complexity index is 1180. The van der Waals surface area contributed by atoms with Crippen LogP contribution in [-0.4, -0.2) is 51.2 Å². The Morgan fingerprint density at radius 1 is 1.30 bits per heavy atom. The van der Waals surface area contributed by atoms with Crippen molar-refractivity contribution in [3.05, 3.63) is 47.3 Å². The van der Waals surface area contributed by atoms with E-state index in [0.29, 0.717) is 5.56 Å². The predicted octanol–water partition coefficient (Wildman–Crippen LogP) is 0.852. The lowest BCUT2D eigenvalue weighted by Gasteiger charge is -2.17. The molecule has 0 saturated heterocycles. The lowest BCUT2D eigenvalue weighted by atomic mass is 9.79. The van der Waals surface area contributed by atoms with Crippen molar-refractivity contribution in [3.8, 4) is 0 Å². The average molecular weight is 492 g/mol. The van der Waals surface area contributed by atoms with Crippen molar-refractivity contribution >= 4 is 39.9 Å². The number of nitrogens with one attached hydrogen (secondary N) is 2. The molecule has 0 bridgehead atoms. The van der Waals surface area contributed by atoms with Gasteiger partial charge in [0.15, 0.2) is 6.29 Å². The third kappa shape index (κ3) is 5.62. The number of carbonyl (C=O) groups is 1. The van der Waals surface area contributed by atoms with Gasteiger partial charge in [-0.25, -0.2) is 12.8 Å². The van der Waals surface area contributed by atoms with Gasteiger partial charge in [-0.15, -0.1) is 0 Å². The number of fused-ring (bicyclic) bond motifs is 1. The van der Waals surface area contributed by atoms with E-state index in [1.54, 1.807) is 5.32 Å². The molecule has 3 rings (SSSR count). The van der Waals surface area contributed by atoms with Crippen LogP contribution in [0.3, 0.4) is 0 Å². The number of halogens is 4. The summed E-state index contributed by atoms with van der Waals surface area (Å²) in [5.41, 5.74) is -0.628. The summed E-state index contributed by atoms with van der Waals surface area (Å²) in [7, 11) is -4.80. The van der Waals surface area contributed by atoms with Crippen molar-refractivity contribution in [2.45, 2.75) is 30.4 Å². The summed E-state index contributed by atoms with van der Waals surface area (Å²) in [6, 6.07) is 4.75. The van der Waals surface area contributed by atoms with Crippen LogP contribution in [0.25, 0.3) is 0 Å². The van der Waals surface area contributed by atoms with Gasteiger partial charge in [0.1, 0.15) is 5.82 Å². The molecule has 1 heterocycles. The molecule has 9 nitrogen and oxygen atoms in total. The number of ether oxygens (including phenoxy) is 1. The molecule has 15 heteroatoms. The maximum atomic E-state index is 14.4. The van der Waals surface area contributed by atoms with E-state index in [-0.39, 0.29) is 17.6 Å². The minimum atomic E-state index is -5.18. The van der Waals surface area contributed by atoms with Gasteiger partial charge < -0.3 is 24.8 Å². The van der Waals surface area contributed by atoms with Crippen LogP contribution in [0.15, 0.2) is 35.2 Å². The third-order valence-corrected chi connectivity index (χ3v) is 6.13. The molecular formula is C18H17BF4N2O7S. The van der Waals surface area contributed by atoms with Gasteiger partial charge in [0.2, 0.25) is 0 Å². The summed E-state index contributed by atoms with van der Waals surface area (Å²) in [4.78, 5) is 10.7. The highest BCUT2D eigenvalue weighted by Gasteiger charge is 2.39. The van der Waals surface area contributed by atoms with E-state index in [0.717, 1.165) is 37.4 Å². The van der Waals surface area contributed by atoms with Gasteiger partial charge in [0, 0.05) is 19.2 Å². The first-order valence-electron chi connectivity index (χ1n) is 9.18. The van der Waals surface area contributed by atoms with E-state index in [4.69, 9.17) is 4.65 Å². The zero-order chi connectivity index (χ0) is 24.6. The standard InChI is InChI=1S/C18H17BF4N2O7S/c1-31-16(26)6-9-4-11(24-17(27)18(21,22)23)2-3-15(9)33(29,30)25-14-7-12-10(5-13(14)20)8-32-19(12)28/h2-5,7,16,25-26,28H,6,8H2,1H3,(H,24,27). The molecule has 1 unspecified atom stereocenters. The Balaban J connectivity index is 1.97. The van der Waals surface area contributed by atoms with Crippen molar-refractivity contribution < 1.29 is 50.3 Å². The number of anilines is 2. The van der Waals surface area contributed by atoms with Crippen LogP contribution in [-0.2, 0) is 37.2 Å². The first-order valence-corrected chi connectivity index (χ1v) is 10.7. The van der Waals surface area contributed by atoms with Gasteiger partial charge in [0.25, 0.3) is 10.0 Å². The lowest BCUT2D eigenvalue weighted by Crippen LogP contribution is -2.30. The van der Waals surface area contributed by atoms with Crippen LogP contribution in [0.1, 0.15) is 11.1 Å². The number of hydrogen-bond acceptors (Lipinski definition) is 7. The first kappa shape index (κ1) is 24.9. The van der Waals surface area contributed by atoms with Crippen molar-refractivity contribution in [1.29, 1.82) is 0 Å². The Kier molecular flexibility index (Phi) is 7.00. The van der Waals surface area contributed by atoms with Crippen LogP contribution in [0, 0.1) is 5.82 Å². The predicted molar refractivity (Wildman–Crippen MR) is 107 cm³/mol. The van der Waals surface area contributed by atoms with E-state index in [2.05, 4.69) is 4.74 Å². The van der Waals surface area contributed by atoms with E-state index >= 15 is 0 Å². The largest absolute Gasteiger partial charge is 0.491 e. The number of benzene rings is 2. The number of hydrogen-bond donors (Lipinski definition) is 4. The number of amides is 1. The van der Waals surface area contributed by atoms with Gasteiger partial charge in [-0.2, -0.15) is 13.2 Å². The Labute approximate surface area is 185 Å². The zero-order valence-electron chi connectivity index (χ0n) is 16.8. The topological polar surface area (TPSA) is 134 Å². The maximum Gasteiger partial charge on any atom is 0.491 e.